The van der Waals surface area contributed by atoms with Gasteiger partial charge in [-0.2, -0.15) is 0 Å². The zero-order chi connectivity index (χ0) is 16.4. The molecule has 1 atom stereocenters. The average molecular weight is 309 g/mol. The van der Waals surface area contributed by atoms with Gasteiger partial charge in [0.05, 0.1) is 13.0 Å². The van der Waals surface area contributed by atoms with E-state index in [1.54, 1.807) is 13.2 Å². The molecule has 4 heteroatoms. The molecule has 4 nitrogen and oxygen atoms in total. The molecule has 1 aliphatic carbocycles. The van der Waals surface area contributed by atoms with Crippen molar-refractivity contribution in [3.8, 4) is 5.75 Å². The summed E-state index contributed by atoms with van der Waals surface area (Å²) in [6, 6.07) is 13.2. The summed E-state index contributed by atoms with van der Waals surface area (Å²) in [4.78, 5) is 24.6. The molecule has 0 saturated heterocycles. The lowest BCUT2D eigenvalue weighted by Crippen LogP contribution is -2.28. The van der Waals surface area contributed by atoms with E-state index in [1.807, 2.05) is 43.3 Å². The zero-order valence-electron chi connectivity index (χ0n) is 13.3. The minimum absolute atomic E-state index is 0.0493. The van der Waals surface area contributed by atoms with E-state index in [4.69, 9.17) is 4.74 Å². The summed E-state index contributed by atoms with van der Waals surface area (Å²) in [6.07, 6.45) is 0.259. The van der Waals surface area contributed by atoms with Gasteiger partial charge in [0.15, 0.2) is 5.78 Å². The maximum Gasteiger partial charge on any atom is 0.228 e. The van der Waals surface area contributed by atoms with Gasteiger partial charge in [-0.15, -0.1) is 0 Å². The monoisotopic (exact) mass is 309 g/mol. The molecule has 0 bridgehead atoms. The second kappa shape index (κ2) is 6.24. The Morgan fingerprint density at radius 3 is 2.65 bits per heavy atom. The number of amides is 1. The first-order valence-corrected chi connectivity index (χ1v) is 7.63. The van der Waals surface area contributed by atoms with Crippen LogP contribution in [0.3, 0.4) is 0 Å². The molecular weight excluding hydrogens is 290 g/mol. The van der Waals surface area contributed by atoms with Crippen LogP contribution in [0.1, 0.15) is 39.4 Å². The van der Waals surface area contributed by atoms with E-state index in [1.165, 1.54) is 0 Å². The Balaban J connectivity index is 1.71. The predicted octanol–water partition coefficient (Wildman–Crippen LogP) is 2.99. The highest BCUT2D eigenvalue weighted by atomic mass is 16.5. The zero-order valence-corrected chi connectivity index (χ0v) is 13.3. The Morgan fingerprint density at radius 1 is 1.22 bits per heavy atom. The third-order valence-electron chi connectivity index (χ3n) is 4.30. The molecule has 0 radical (unpaired) electrons. The molecule has 23 heavy (non-hydrogen) atoms. The van der Waals surface area contributed by atoms with Crippen LogP contribution < -0.4 is 10.1 Å². The second-order valence-electron chi connectivity index (χ2n) is 5.78. The number of ether oxygens (including phenoxy) is 1. The summed E-state index contributed by atoms with van der Waals surface area (Å²) in [7, 11) is 1.62. The van der Waals surface area contributed by atoms with E-state index in [0.29, 0.717) is 12.1 Å². The highest BCUT2D eigenvalue weighted by molar-refractivity contribution is 6.07. The number of ketones is 1. The van der Waals surface area contributed by atoms with Crippen LogP contribution in [-0.2, 0) is 11.3 Å². The van der Waals surface area contributed by atoms with Gasteiger partial charge in [-0.3, -0.25) is 9.59 Å². The number of methoxy groups -OCH3 is 1. The fourth-order valence-corrected chi connectivity index (χ4v) is 3.06. The number of hydrogen-bond acceptors (Lipinski definition) is 3. The molecule has 2 aromatic rings. The summed E-state index contributed by atoms with van der Waals surface area (Å²) in [6.45, 7) is 2.38. The molecule has 1 amide bonds. The van der Waals surface area contributed by atoms with Gasteiger partial charge in [0, 0.05) is 18.5 Å². The molecule has 0 saturated carbocycles. The Morgan fingerprint density at radius 2 is 1.96 bits per heavy atom. The lowest BCUT2D eigenvalue weighted by molar-refractivity contribution is -0.122. The minimum Gasteiger partial charge on any atom is -0.497 e. The fraction of sp³-hybridized carbons (Fsp3) is 0.263. The molecule has 3 rings (SSSR count). The lowest BCUT2D eigenvalue weighted by Gasteiger charge is -2.14. The maximum atomic E-state index is 12.5. The Hall–Kier alpha value is -2.62. The summed E-state index contributed by atoms with van der Waals surface area (Å²) in [5.74, 6) is 0.360. The first-order chi connectivity index (χ1) is 11.1. The molecule has 0 aromatic heterocycles. The summed E-state index contributed by atoms with van der Waals surface area (Å²) in [5.41, 5.74) is 3.56. The first kappa shape index (κ1) is 15.3. The lowest BCUT2D eigenvalue weighted by atomic mass is 9.96. The third kappa shape index (κ3) is 2.97. The fourth-order valence-electron chi connectivity index (χ4n) is 3.06. The normalized spacial score (nSPS) is 16.1. The Labute approximate surface area is 135 Å². The quantitative estimate of drug-likeness (QED) is 0.944. The van der Waals surface area contributed by atoms with Gasteiger partial charge in [0.2, 0.25) is 5.91 Å². The summed E-state index contributed by atoms with van der Waals surface area (Å²) in [5, 5.41) is 2.94. The second-order valence-corrected chi connectivity index (χ2v) is 5.78. The van der Waals surface area contributed by atoms with Crippen molar-refractivity contribution in [3.63, 3.8) is 0 Å². The number of nitrogens with one attached hydrogen (secondary N) is 1. The summed E-state index contributed by atoms with van der Waals surface area (Å²) < 4.78 is 5.12. The van der Waals surface area contributed by atoms with Crippen LogP contribution in [0.4, 0.5) is 0 Å². The number of carbonyl (C=O) groups is 2. The van der Waals surface area contributed by atoms with E-state index in [9.17, 15) is 9.59 Å². The molecule has 0 spiro atoms. The topological polar surface area (TPSA) is 55.4 Å². The minimum atomic E-state index is -0.378. The number of carbonyl (C=O) groups excluding carboxylic acids is 2. The van der Waals surface area contributed by atoms with Crippen molar-refractivity contribution in [2.24, 2.45) is 0 Å². The van der Waals surface area contributed by atoms with E-state index in [0.717, 1.165) is 22.4 Å². The molecule has 1 unspecified atom stereocenters. The van der Waals surface area contributed by atoms with Crippen molar-refractivity contribution < 1.29 is 14.3 Å². The van der Waals surface area contributed by atoms with Gasteiger partial charge in [0.25, 0.3) is 0 Å². The van der Waals surface area contributed by atoms with Crippen molar-refractivity contribution in [1.82, 2.24) is 5.32 Å². The van der Waals surface area contributed by atoms with E-state index in [-0.39, 0.29) is 24.0 Å². The van der Waals surface area contributed by atoms with Crippen LogP contribution in [0, 0.1) is 6.92 Å². The Bertz CT molecular complexity index is 750. The smallest absolute Gasteiger partial charge is 0.228 e. The van der Waals surface area contributed by atoms with E-state index < -0.39 is 0 Å². The van der Waals surface area contributed by atoms with Crippen LogP contribution in [-0.4, -0.2) is 18.8 Å². The predicted molar refractivity (Wildman–Crippen MR) is 87.7 cm³/mol. The van der Waals surface area contributed by atoms with Crippen LogP contribution in [0.5, 0.6) is 5.75 Å². The highest BCUT2D eigenvalue weighted by Gasteiger charge is 2.35. The van der Waals surface area contributed by atoms with Crippen molar-refractivity contribution >= 4 is 11.7 Å². The van der Waals surface area contributed by atoms with E-state index >= 15 is 0 Å². The number of rotatable bonds is 4. The van der Waals surface area contributed by atoms with Crippen LogP contribution in [0.25, 0.3) is 0 Å². The molecule has 1 N–H and O–H groups in total. The largest absolute Gasteiger partial charge is 0.497 e. The molecule has 1 aliphatic rings. The van der Waals surface area contributed by atoms with Gasteiger partial charge < -0.3 is 10.1 Å². The third-order valence-corrected chi connectivity index (χ3v) is 4.30. The van der Waals surface area contributed by atoms with E-state index in [2.05, 4.69) is 5.32 Å². The SMILES string of the molecule is COc1ccc(CNC(=O)C2CC(=O)c3cccc(C)c32)cc1. The molecule has 0 fully saturated rings. The van der Waals surface area contributed by atoms with Crippen LogP contribution >= 0.6 is 0 Å². The number of hydrogen-bond donors (Lipinski definition) is 1. The van der Waals surface area contributed by atoms with Crippen LogP contribution in [0.15, 0.2) is 42.5 Å². The number of aryl methyl sites for hydroxylation is 1. The van der Waals surface area contributed by atoms with Gasteiger partial charge in [-0.25, -0.2) is 0 Å². The Kier molecular flexibility index (Phi) is 4.15. The summed E-state index contributed by atoms with van der Waals surface area (Å²) >= 11 is 0. The molecule has 0 aliphatic heterocycles. The molecule has 2 aromatic carbocycles. The first-order valence-electron chi connectivity index (χ1n) is 7.63. The average Bonchev–Trinajstić information content (AvgIpc) is 2.92. The van der Waals surface area contributed by atoms with Gasteiger partial charge in [0.1, 0.15) is 5.75 Å². The van der Waals surface area contributed by atoms with Gasteiger partial charge >= 0.3 is 0 Å². The molecule has 0 heterocycles. The molecule has 118 valence electrons. The highest BCUT2D eigenvalue weighted by Crippen LogP contribution is 2.35. The number of fused-ring (bicyclic) bond motifs is 1. The van der Waals surface area contributed by atoms with Crippen molar-refractivity contribution in [2.75, 3.05) is 7.11 Å². The standard InChI is InChI=1S/C19H19NO3/c1-12-4-3-5-15-17(21)10-16(18(12)15)19(22)20-11-13-6-8-14(23-2)9-7-13/h3-9,16H,10-11H2,1-2H3,(H,20,22). The van der Waals surface area contributed by atoms with Gasteiger partial charge in [-0.05, 0) is 35.7 Å². The number of Topliss-reactive ketones (excluding diaryl/α,β-unsaturated/α-hetero) is 1. The maximum absolute atomic E-state index is 12.5. The number of benzene rings is 2. The van der Waals surface area contributed by atoms with Crippen molar-refractivity contribution in [3.05, 3.63) is 64.7 Å². The van der Waals surface area contributed by atoms with Crippen molar-refractivity contribution in [2.45, 2.75) is 25.8 Å². The van der Waals surface area contributed by atoms with Crippen LogP contribution in [0.2, 0.25) is 0 Å². The van der Waals surface area contributed by atoms with Crippen molar-refractivity contribution in [1.29, 1.82) is 0 Å². The van der Waals surface area contributed by atoms with Gasteiger partial charge in [-0.1, -0.05) is 30.3 Å². The molecular formula is C19H19NO3.